The van der Waals surface area contributed by atoms with Crippen LogP contribution < -0.4 is 16.3 Å². The van der Waals surface area contributed by atoms with Crippen molar-refractivity contribution in [2.45, 2.75) is 25.7 Å². The number of H-pyrrole nitrogens is 1. The molecule has 0 aliphatic heterocycles. The molecule has 6 rings (SSSR count). The lowest BCUT2D eigenvalue weighted by molar-refractivity contribution is 0.0996. The van der Waals surface area contributed by atoms with Gasteiger partial charge in [-0.1, -0.05) is 12.1 Å². The summed E-state index contributed by atoms with van der Waals surface area (Å²) in [7, 11) is 0. The Morgan fingerprint density at radius 1 is 1.06 bits per heavy atom. The Labute approximate surface area is 197 Å². The van der Waals surface area contributed by atoms with E-state index in [4.69, 9.17) is 8.83 Å². The molecular weight excluding hydrogens is 450 g/mol. The number of nitrogens with one attached hydrogen (secondary N) is 2. The van der Waals surface area contributed by atoms with Gasteiger partial charge >= 0.3 is 0 Å². The largest absolute Gasteiger partial charge is 0.463 e. The van der Waals surface area contributed by atoms with Crippen LogP contribution in [-0.2, 0) is 12.8 Å². The summed E-state index contributed by atoms with van der Waals surface area (Å²) in [5, 5.41) is 7.61. The van der Waals surface area contributed by atoms with Crippen LogP contribution in [0.3, 0.4) is 0 Å². The minimum atomic E-state index is -0.652. The number of carbonyl (C=O) groups excluding carboxylic acids is 1. The van der Waals surface area contributed by atoms with E-state index in [9.17, 15) is 14.4 Å². The van der Waals surface area contributed by atoms with Gasteiger partial charge in [0, 0.05) is 17.7 Å². The Bertz CT molecular complexity index is 1690. The Balaban J connectivity index is 1.43. The van der Waals surface area contributed by atoms with E-state index in [0.29, 0.717) is 40.8 Å². The molecule has 2 N–H and O–H groups in total. The van der Waals surface area contributed by atoms with E-state index in [2.05, 4.69) is 20.4 Å². The number of amides is 1. The van der Waals surface area contributed by atoms with Crippen LogP contribution in [-0.4, -0.2) is 25.7 Å². The molecule has 0 unspecified atom stereocenters. The Morgan fingerprint density at radius 2 is 1.91 bits per heavy atom. The number of hydrogen-bond donors (Lipinski definition) is 2. The fourth-order valence-electron chi connectivity index (χ4n) is 4.26. The van der Waals surface area contributed by atoms with Gasteiger partial charge in [-0.3, -0.25) is 19.4 Å². The summed E-state index contributed by atoms with van der Waals surface area (Å²) in [5.74, 6) is 0.0461. The molecule has 1 aliphatic rings. The molecule has 0 atom stereocenters. The van der Waals surface area contributed by atoms with Crippen molar-refractivity contribution >= 4 is 22.7 Å². The molecule has 4 aromatic heterocycles. The van der Waals surface area contributed by atoms with E-state index in [1.54, 1.807) is 42.5 Å². The normalized spacial score (nSPS) is 13.0. The number of anilines is 1. The predicted molar refractivity (Wildman–Crippen MR) is 127 cm³/mol. The summed E-state index contributed by atoms with van der Waals surface area (Å²) in [6.45, 7) is 0. The van der Waals surface area contributed by atoms with Crippen molar-refractivity contribution in [1.82, 2.24) is 19.7 Å². The molecular formula is C25H19N5O5. The van der Waals surface area contributed by atoms with Crippen LogP contribution in [0.25, 0.3) is 28.4 Å². The van der Waals surface area contributed by atoms with E-state index in [1.807, 2.05) is 0 Å². The zero-order valence-electron chi connectivity index (χ0n) is 18.4. The quantitative estimate of drug-likeness (QED) is 0.411. The van der Waals surface area contributed by atoms with Crippen molar-refractivity contribution in [2.75, 3.05) is 5.32 Å². The molecule has 10 nitrogen and oxygen atoms in total. The summed E-state index contributed by atoms with van der Waals surface area (Å²) in [6.07, 6.45) is 4.78. The molecule has 1 amide bonds. The number of nitrogens with zero attached hydrogens (tertiary/aromatic N) is 3. The van der Waals surface area contributed by atoms with Crippen LogP contribution in [0.4, 0.5) is 5.82 Å². The minimum absolute atomic E-state index is 0.159. The lowest BCUT2D eigenvalue weighted by Gasteiger charge is -2.15. The van der Waals surface area contributed by atoms with Crippen molar-refractivity contribution < 1.29 is 13.6 Å². The molecule has 0 bridgehead atoms. The second-order valence-electron chi connectivity index (χ2n) is 8.25. The number of fused-ring (bicyclic) bond motifs is 2. The zero-order chi connectivity index (χ0) is 23.9. The van der Waals surface area contributed by atoms with Crippen LogP contribution >= 0.6 is 0 Å². The minimum Gasteiger partial charge on any atom is -0.463 e. The maximum Gasteiger partial charge on any atom is 0.292 e. The van der Waals surface area contributed by atoms with E-state index >= 15 is 0 Å². The monoisotopic (exact) mass is 469 g/mol. The predicted octanol–water partition coefficient (Wildman–Crippen LogP) is 3.45. The smallest absolute Gasteiger partial charge is 0.292 e. The first-order valence-electron chi connectivity index (χ1n) is 11.2. The van der Waals surface area contributed by atoms with Gasteiger partial charge in [-0.15, -0.1) is 0 Å². The third-order valence-corrected chi connectivity index (χ3v) is 5.96. The van der Waals surface area contributed by atoms with Crippen molar-refractivity contribution in [1.29, 1.82) is 0 Å². The van der Waals surface area contributed by atoms with Gasteiger partial charge in [0.15, 0.2) is 16.9 Å². The van der Waals surface area contributed by atoms with Crippen molar-refractivity contribution in [3.63, 3.8) is 0 Å². The third-order valence-electron chi connectivity index (χ3n) is 5.96. The number of para-hydroxylation sites is 1. The average Bonchev–Trinajstić information content (AvgIpc) is 3.54. The fourth-order valence-corrected chi connectivity index (χ4v) is 4.26. The second kappa shape index (κ2) is 8.24. The van der Waals surface area contributed by atoms with Gasteiger partial charge in [0.05, 0.1) is 17.3 Å². The summed E-state index contributed by atoms with van der Waals surface area (Å²) in [4.78, 5) is 45.7. The number of hydrogen-bond acceptors (Lipinski definition) is 7. The van der Waals surface area contributed by atoms with Crippen LogP contribution in [0.1, 0.15) is 34.7 Å². The number of aromatic amines is 1. The molecule has 5 aromatic rings. The summed E-state index contributed by atoms with van der Waals surface area (Å²) >= 11 is 0. The van der Waals surface area contributed by atoms with E-state index in [0.717, 1.165) is 24.6 Å². The van der Waals surface area contributed by atoms with Gasteiger partial charge in [0.25, 0.3) is 11.5 Å². The molecule has 1 aliphatic carbocycles. The Morgan fingerprint density at radius 3 is 2.77 bits per heavy atom. The average molecular weight is 469 g/mol. The first kappa shape index (κ1) is 20.8. The maximum absolute atomic E-state index is 13.1. The first-order chi connectivity index (χ1) is 17.1. The second-order valence-corrected chi connectivity index (χ2v) is 8.25. The molecule has 10 heteroatoms. The Kier molecular flexibility index (Phi) is 4.91. The molecule has 0 saturated carbocycles. The van der Waals surface area contributed by atoms with Crippen LogP contribution in [0, 0.1) is 0 Å². The lowest BCUT2D eigenvalue weighted by atomic mass is 9.97. The number of rotatable bonds is 4. The van der Waals surface area contributed by atoms with E-state index in [-0.39, 0.29) is 28.5 Å². The number of benzene rings is 1. The zero-order valence-corrected chi connectivity index (χ0v) is 18.4. The van der Waals surface area contributed by atoms with E-state index in [1.165, 1.54) is 10.9 Å². The lowest BCUT2D eigenvalue weighted by Crippen LogP contribution is -2.25. The molecule has 0 spiro atoms. The number of furan rings is 1. The van der Waals surface area contributed by atoms with E-state index < -0.39 is 5.91 Å². The third kappa shape index (κ3) is 3.74. The first-order valence-corrected chi connectivity index (χ1v) is 11.2. The number of aryl methyl sites for hydroxylation is 1. The summed E-state index contributed by atoms with van der Waals surface area (Å²) < 4.78 is 12.5. The van der Waals surface area contributed by atoms with Crippen molar-refractivity contribution in [3.05, 3.63) is 92.4 Å². The van der Waals surface area contributed by atoms with Gasteiger partial charge in [-0.25, -0.2) is 4.98 Å². The highest BCUT2D eigenvalue weighted by Gasteiger charge is 2.22. The summed E-state index contributed by atoms with van der Waals surface area (Å²) in [6, 6.07) is 12.9. The van der Waals surface area contributed by atoms with Crippen molar-refractivity contribution in [3.8, 4) is 17.4 Å². The highest BCUT2D eigenvalue weighted by Crippen LogP contribution is 2.25. The van der Waals surface area contributed by atoms with Crippen LogP contribution in [0.5, 0.6) is 0 Å². The van der Waals surface area contributed by atoms with Gasteiger partial charge in [0.2, 0.25) is 5.95 Å². The van der Waals surface area contributed by atoms with Crippen LogP contribution in [0.15, 0.2) is 73.2 Å². The number of carbonyl (C=O) groups is 1. The standard InChI is InChI=1S/C25H19N5O5/c31-18-13-21(35-19-9-4-2-7-15(18)19)24(33)27-22-12-17(20-10-5-11-34-20)29-30(22)25-26-16-8-3-1-6-14(16)23(32)28-25/h2,4-5,7,9-13H,1,3,6,8H2,(H,27,33)(H,26,28,32). The summed E-state index contributed by atoms with van der Waals surface area (Å²) in [5.41, 5.74) is 1.58. The van der Waals surface area contributed by atoms with Gasteiger partial charge in [-0.2, -0.15) is 9.78 Å². The fraction of sp³-hybridized carbons (Fsp3) is 0.160. The van der Waals surface area contributed by atoms with Gasteiger partial charge in [-0.05, 0) is 49.9 Å². The maximum atomic E-state index is 13.1. The molecule has 4 heterocycles. The highest BCUT2D eigenvalue weighted by molar-refractivity contribution is 6.02. The topological polar surface area (TPSA) is 136 Å². The van der Waals surface area contributed by atoms with Crippen LogP contribution in [0.2, 0.25) is 0 Å². The van der Waals surface area contributed by atoms with Gasteiger partial charge < -0.3 is 14.2 Å². The van der Waals surface area contributed by atoms with Gasteiger partial charge in [0.1, 0.15) is 17.1 Å². The molecule has 174 valence electrons. The molecule has 0 fully saturated rings. The molecule has 1 aromatic carbocycles. The SMILES string of the molecule is O=C(Nc1cc(-c2ccco2)nn1-c1nc2c(c(=O)[nH]1)CCCC2)c1cc(=O)c2ccccc2o1. The molecule has 0 saturated heterocycles. The molecule has 35 heavy (non-hydrogen) atoms. The number of aromatic nitrogens is 4. The Hall–Kier alpha value is -4.73. The highest BCUT2D eigenvalue weighted by atomic mass is 16.3. The van der Waals surface area contributed by atoms with Crippen molar-refractivity contribution in [2.24, 2.45) is 0 Å². The molecule has 0 radical (unpaired) electrons.